The zero-order valence-electron chi connectivity index (χ0n) is 17.1. The number of fused-ring (bicyclic) bond motifs is 1. The molecule has 31 heavy (non-hydrogen) atoms. The Bertz CT molecular complexity index is 1290. The van der Waals surface area contributed by atoms with E-state index in [9.17, 15) is 9.59 Å². The molecule has 0 aliphatic carbocycles. The number of methoxy groups -OCH3 is 2. The Morgan fingerprint density at radius 2 is 1.52 bits per heavy atom. The molecular weight excluding hydrogens is 396 g/mol. The first-order valence-electron chi connectivity index (χ1n) is 9.64. The number of carbonyl (C=O) groups excluding carboxylic acids is 1. The van der Waals surface area contributed by atoms with E-state index < -0.39 is 11.6 Å². The normalized spacial score (nSPS) is 10.6. The van der Waals surface area contributed by atoms with E-state index in [1.54, 1.807) is 42.5 Å². The molecule has 0 aliphatic heterocycles. The van der Waals surface area contributed by atoms with E-state index in [2.05, 4.69) is 0 Å². The minimum absolute atomic E-state index is 0.114. The Labute approximate surface area is 178 Å². The van der Waals surface area contributed by atoms with Gasteiger partial charge in [0.2, 0.25) is 0 Å². The standard InChI is InChI=1S/C25H20O6/c1-28-19-12-7-6-11-17(19)24(26)31-23-18(15-16-9-4-3-5-10-16)25(27)30-21-14-8-13-20(29-2)22(21)23/h3-14H,15H2,1-2H3. The average molecular weight is 416 g/mol. The number of esters is 1. The van der Waals surface area contributed by atoms with Gasteiger partial charge in [-0.25, -0.2) is 9.59 Å². The van der Waals surface area contributed by atoms with Crippen LogP contribution in [0.4, 0.5) is 0 Å². The van der Waals surface area contributed by atoms with Crippen LogP contribution < -0.4 is 19.8 Å². The van der Waals surface area contributed by atoms with Gasteiger partial charge in [-0.1, -0.05) is 48.5 Å². The highest BCUT2D eigenvalue weighted by molar-refractivity contribution is 5.98. The SMILES string of the molecule is COc1ccccc1C(=O)Oc1c(Cc2ccccc2)c(=O)oc2cccc(OC)c12. The second-order valence-corrected chi connectivity index (χ2v) is 6.78. The molecule has 0 fully saturated rings. The van der Waals surface area contributed by atoms with Crippen LogP contribution in [-0.4, -0.2) is 20.2 Å². The summed E-state index contributed by atoms with van der Waals surface area (Å²) in [7, 11) is 2.98. The fourth-order valence-corrected chi connectivity index (χ4v) is 3.42. The summed E-state index contributed by atoms with van der Waals surface area (Å²) < 4.78 is 22.1. The minimum Gasteiger partial charge on any atom is -0.496 e. The lowest BCUT2D eigenvalue weighted by Gasteiger charge is -2.15. The average Bonchev–Trinajstić information content (AvgIpc) is 2.81. The molecule has 0 saturated carbocycles. The van der Waals surface area contributed by atoms with Crippen LogP contribution in [0.5, 0.6) is 17.2 Å². The van der Waals surface area contributed by atoms with Crippen LogP contribution in [-0.2, 0) is 6.42 Å². The summed E-state index contributed by atoms with van der Waals surface area (Å²) in [5.41, 5.74) is 1.04. The third-order valence-electron chi connectivity index (χ3n) is 4.90. The Kier molecular flexibility index (Phi) is 5.71. The Hall–Kier alpha value is -4.06. The van der Waals surface area contributed by atoms with E-state index in [0.717, 1.165) is 5.56 Å². The van der Waals surface area contributed by atoms with Crippen molar-refractivity contribution in [3.8, 4) is 17.2 Å². The smallest absolute Gasteiger partial charge is 0.347 e. The lowest BCUT2D eigenvalue weighted by atomic mass is 10.0. The quantitative estimate of drug-likeness (QED) is 0.337. The summed E-state index contributed by atoms with van der Waals surface area (Å²) in [6.07, 6.45) is 0.228. The molecule has 156 valence electrons. The zero-order valence-corrected chi connectivity index (χ0v) is 17.1. The number of hydrogen-bond donors (Lipinski definition) is 0. The maximum Gasteiger partial charge on any atom is 0.347 e. The predicted molar refractivity (Wildman–Crippen MR) is 116 cm³/mol. The third-order valence-corrected chi connectivity index (χ3v) is 4.90. The molecule has 0 bridgehead atoms. The number of ether oxygens (including phenoxy) is 3. The first-order chi connectivity index (χ1) is 15.1. The summed E-state index contributed by atoms with van der Waals surface area (Å²) in [6.45, 7) is 0. The fraction of sp³-hybridized carbons (Fsp3) is 0.120. The van der Waals surface area contributed by atoms with E-state index in [0.29, 0.717) is 16.9 Å². The van der Waals surface area contributed by atoms with E-state index in [1.165, 1.54) is 14.2 Å². The van der Waals surface area contributed by atoms with Gasteiger partial charge in [0.1, 0.15) is 28.0 Å². The molecule has 0 amide bonds. The van der Waals surface area contributed by atoms with Crippen LogP contribution in [0.1, 0.15) is 21.5 Å². The fourth-order valence-electron chi connectivity index (χ4n) is 3.42. The molecule has 0 aliphatic rings. The molecule has 0 unspecified atom stereocenters. The van der Waals surface area contributed by atoms with E-state index in [-0.39, 0.29) is 28.9 Å². The van der Waals surface area contributed by atoms with Crippen molar-refractivity contribution in [3.63, 3.8) is 0 Å². The van der Waals surface area contributed by atoms with Gasteiger partial charge in [-0.15, -0.1) is 0 Å². The Balaban J connectivity index is 1.91. The highest BCUT2D eigenvalue weighted by Gasteiger charge is 2.24. The van der Waals surface area contributed by atoms with E-state index in [4.69, 9.17) is 18.6 Å². The Morgan fingerprint density at radius 1 is 0.839 bits per heavy atom. The second-order valence-electron chi connectivity index (χ2n) is 6.78. The summed E-state index contributed by atoms with van der Waals surface area (Å²) >= 11 is 0. The number of para-hydroxylation sites is 1. The maximum absolute atomic E-state index is 13.1. The van der Waals surface area contributed by atoms with E-state index >= 15 is 0 Å². The topological polar surface area (TPSA) is 75.0 Å². The second kappa shape index (κ2) is 8.75. The number of hydrogen-bond acceptors (Lipinski definition) is 6. The van der Waals surface area contributed by atoms with Gasteiger partial charge in [0, 0.05) is 6.42 Å². The van der Waals surface area contributed by atoms with Crippen LogP contribution in [0.25, 0.3) is 11.0 Å². The molecule has 3 aromatic carbocycles. The van der Waals surface area contributed by atoms with Gasteiger partial charge in [-0.3, -0.25) is 0 Å². The lowest BCUT2D eigenvalue weighted by molar-refractivity contribution is 0.0731. The molecule has 0 spiro atoms. The van der Waals surface area contributed by atoms with Crippen molar-refractivity contribution in [1.29, 1.82) is 0 Å². The Morgan fingerprint density at radius 3 is 2.26 bits per heavy atom. The highest BCUT2D eigenvalue weighted by atomic mass is 16.5. The van der Waals surface area contributed by atoms with Gasteiger partial charge in [-0.05, 0) is 29.8 Å². The summed E-state index contributed by atoms with van der Waals surface area (Å²) in [5.74, 6) is 0.266. The summed E-state index contributed by atoms with van der Waals surface area (Å²) in [6, 6.07) is 21.2. The molecule has 4 rings (SSSR count). The molecule has 0 radical (unpaired) electrons. The first kappa shape index (κ1) is 20.2. The minimum atomic E-state index is -0.649. The molecule has 6 nitrogen and oxygen atoms in total. The summed E-state index contributed by atoms with van der Waals surface area (Å²) in [5, 5.41) is 0.416. The van der Waals surface area contributed by atoms with Crippen LogP contribution >= 0.6 is 0 Å². The molecule has 4 aromatic rings. The number of benzene rings is 3. The molecule has 0 N–H and O–H groups in total. The van der Waals surface area contributed by atoms with Crippen molar-refractivity contribution >= 4 is 16.9 Å². The van der Waals surface area contributed by atoms with Crippen molar-refractivity contribution in [2.24, 2.45) is 0 Å². The monoisotopic (exact) mass is 416 g/mol. The van der Waals surface area contributed by atoms with Gasteiger partial charge in [-0.2, -0.15) is 0 Å². The zero-order chi connectivity index (χ0) is 21.8. The summed E-state index contributed by atoms with van der Waals surface area (Å²) in [4.78, 5) is 26.0. The van der Waals surface area contributed by atoms with Gasteiger partial charge < -0.3 is 18.6 Å². The lowest BCUT2D eigenvalue weighted by Crippen LogP contribution is -2.17. The molecule has 0 atom stereocenters. The largest absolute Gasteiger partial charge is 0.496 e. The maximum atomic E-state index is 13.1. The highest BCUT2D eigenvalue weighted by Crippen LogP contribution is 2.37. The van der Waals surface area contributed by atoms with Crippen LogP contribution in [0.15, 0.2) is 82.0 Å². The third kappa shape index (κ3) is 4.00. The molecule has 1 heterocycles. The first-order valence-corrected chi connectivity index (χ1v) is 9.64. The van der Waals surface area contributed by atoms with Crippen LogP contribution in [0, 0.1) is 0 Å². The van der Waals surface area contributed by atoms with Crippen molar-refractivity contribution in [3.05, 3.63) is 99.9 Å². The number of rotatable bonds is 6. The molecule has 0 saturated heterocycles. The van der Waals surface area contributed by atoms with Crippen molar-refractivity contribution in [2.75, 3.05) is 14.2 Å². The molecule has 6 heteroatoms. The molecular formula is C25H20O6. The van der Waals surface area contributed by atoms with E-state index in [1.807, 2.05) is 30.3 Å². The van der Waals surface area contributed by atoms with Crippen molar-refractivity contribution < 1.29 is 23.4 Å². The van der Waals surface area contributed by atoms with Crippen LogP contribution in [0.3, 0.4) is 0 Å². The number of carbonyl (C=O) groups is 1. The van der Waals surface area contributed by atoms with Gasteiger partial charge in [0.05, 0.1) is 19.8 Å². The molecule has 1 aromatic heterocycles. The predicted octanol–water partition coefficient (Wildman–Crippen LogP) is 4.62. The van der Waals surface area contributed by atoms with Gasteiger partial charge in [0.25, 0.3) is 0 Å². The van der Waals surface area contributed by atoms with Gasteiger partial charge >= 0.3 is 11.6 Å². The van der Waals surface area contributed by atoms with Crippen LogP contribution in [0.2, 0.25) is 0 Å². The van der Waals surface area contributed by atoms with Crippen molar-refractivity contribution in [1.82, 2.24) is 0 Å². The van der Waals surface area contributed by atoms with Gasteiger partial charge in [0.15, 0.2) is 5.75 Å². The van der Waals surface area contributed by atoms with Crippen molar-refractivity contribution in [2.45, 2.75) is 6.42 Å².